The molecule has 104 valence electrons. The summed E-state index contributed by atoms with van der Waals surface area (Å²) in [7, 11) is 0. The molecular formula is C12H19N5O2. The van der Waals surface area contributed by atoms with E-state index in [1.165, 1.54) is 12.1 Å². The van der Waals surface area contributed by atoms with Crippen LogP contribution >= 0.6 is 0 Å². The van der Waals surface area contributed by atoms with E-state index in [1.807, 2.05) is 13.8 Å². The summed E-state index contributed by atoms with van der Waals surface area (Å²) >= 11 is 0. The first-order valence-corrected chi connectivity index (χ1v) is 5.90. The standard InChI is InChI=1S/C12H19N5O2/c1-7(2)5-17(6-10(14)18)12-8(13)3-4-9(16-12)11(15)19/h3-4,7H,5-6,13H2,1-2H3,(H2,14,18)(H2,15,19). The first-order valence-electron chi connectivity index (χ1n) is 5.90. The summed E-state index contributed by atoms with van der Waals surface area (Å²) in [5, 5.41) is 0. The van der Waals surface area contributed by atoms with Gasteiger partial charge in [-0.05, 0) is 18.1 Å². The van der Waals surface area contributed by atoms with Gasteiger partial charge in [0.05, 0.1) is 12.2 Å². The van der Waals surface area contributed by atoms with Gasteiger partial charge in [0, 0.05) is 6.54 Å². The molecule has 0 saturated carbocycles. The lowest BCUT2D eigenvalue weighted by Gasteiger charge is -2.25. The molecule has 2 amide bonds. The summed E-state index contributed by atoms with van der Waals surface area (Å²) in [4.78, 5) is 28.0. The van der Waals surface area contributed by atoms with E-state index in [-0.39, 0.29) is 18.2 Å². The van der Waals surface area contributed by atoms with Gasteiger partial charge in [-0.25, -0.2) is 4.98 Å². The highest BCUT2D eigenvalue weighted by Crippen LogP contribution is 2.21. The topological polar surface area (TPSA) is 128 Å². The Hall–Kier alpha value is -2.31. The fraction of sp³-hybridized carbons (Fsp3) is 0.417. The number of aromatic nitrogens is 1. The lowest BCUT2D eigenvalue weighted by atomic mass is 10.2. The van der Waals surface area contributed by atoms with Crippen LogP contribution in [0, 0.1) is 5.92 Å². The Morgan fingerprint density at radius 1 is 1.32 bits per heavy atom. The van der Waals surface area contributed by atoms with Crippen LogP contribution in [0.1, 0.15) is 24.3 Å². The van der Waals surface area contributed by atoms with Crippen LogP contribution in [-0.4, -0.2) is 29.9 Å². The zero-order valence-corrected chi connectivity index (χ0v) is 11.1. The predicted molar refractivity (Wildman–Crippen MR) is 73.4 cm³/mol. The van der Waals surface area contributed by atoms with Crippen molar-refractivity contribution in [2.24, 2.45) is 17.4 Å². The average molecular weight is 265 g/mol. The van der Waals surface area contributed by atoms with Crippen molar-refractivity contribution in [1.29, 1.82) is 0 Å². The van der Waals surface area contributed by atoms with Crippen molar-refractivity contribution >= 4 is 23.3 Å². The Bertz CT molecular complexity index is 487. The number of nitrogens with two attached hydrogens (primary N) is 3. The van der Waals surface area contributed by atoms with E-state index in [0.29, 0.717) is 18.1 Å². The maximum atomic E-state index is 11.1. The maximum absolute atomic E-state index is 11.1. The lowest BCUT2D eigenvalue weighted by molar-refractivity contribution is -0.116. The Kier molecular flexibility index (Phi) is 4.68. The summed E-state index contributed by atoms with van der Waals surface area (Å²) < 4.78 is 0. The van der Waals surface area contributed by atoms with E-state index in [9.17, 15) is 9.59 Å². The molecule has 7 heteroatoms. The van der Waals surface area contributed by atoms with Crippen LogP contribution in [0.5, 0.6) is 0 Å². The van der Waals surface area contributed by atoms with Crippen molar-refractivity contribution < 1.29 is 9.59 Å². The Labute approximate surface area is 111 Å². The predicted octanol–water partition coefficient (Wildman–Crippen LogP) is -0.290. The van der Waals surface area contributed by atoms with Gasteiger partial charge in [-0.1, -0.05) is 13.8 Å². The smallest absolute Gasteiger partial charge is 0.267 e. The zero-order valence-electron chi connectivity index (χ0n) is 11.1. The SMILES string of the molecule is CC(C)CN(CC(N)=O)c1nc(C(N)=O)ccc1N. The minimum atomic E-state index is -0.648. The van der Waals surface area contributed by atoms with Gasteiger partial charge in [0.1, 0.15) is 5.69 Å². The highest BCUT2D eigenvalue weighted by Gasteiger charge is 2.17. The molecule has 1 heterocycles. The summed E-state index contributed by atoms with van der Waals surface area (Å²) in [6.45, 7) is 4.50. The third-order valence-corrected chi connectivity index (χ3v) is 2.39. The molecule has 0 bridgehead atoms. The van der Waals surface area contributed by atoms with Crippen molar-refractivity contribution in [1.82, 2.24) is 4.98 Å². The van der Waals surface area contributed by atoms with E-state index >= 15 is 0 Å². The maximum Gasteiger partial charge on any atom is 0.267 e. The summed E-state index contributed by atoms with van der Waals surface area (Å²) in [5.74, 6) is -0.516. The van der Waals surface area contributed by atoms with Gasteiger partial charge in [-0.3, -0.25) is 9.59 Å². The van der Waals surface area contributed by atoms with Gasteiger partial charge < -0.3 is 22.1 Å². The van der Waals surface area contributed by atoms with E-state index in [0.717, 1.165) is 0 Å². The van der Waals surface area contributed by atoms with Crippen LogP contribution in [0.2, 0.25) is 0 Å². The van der Waals surface area contributed by atoms with Gasteiger partial charge in [0.25, 0.3) is 5.91 Å². The van der Waals surface area contributed by atoms with Crippen molar-refractivity contribution in [3.05, 3.63) is 17.8 Å². The molecule has 0 atom stereocenters. The van der Waals surface area contributed by atoms with Crippen LogP contribution < -0.4 is 22.1 Å². The molecule has 0 aliphatic carbocycles. The number of rotatable bonds is 6. The van der Waals surface area contributed by atoms with Gasteiger partial charge in [0.2, 0.25) is 5.91 Å². The van der Waals surface area contributed by atoms with Crippen molar-refractivity contribution in [2.45, 2.75) is 13.8 Å². The molecule has 0 aliphatic rings. The minimum absolute atomic E-state index is 0.0163. The second kappa shape index (κ2) is 6.03. The molecule has 0 unspecified atom stereocenters. The molecule has 1 aromatic rings. The van der Waals surface area contributed by atoms with E-state index < -0.39 is 11.8 Å². The number of amides is 2. The number of carbonyl (C=O) groups excluding carboxylic acids is 2. The van der Waals surface area contributed by atoms with E-state index in [2.05, 4.69) is 4.98 Å². The van der Waals surface area contributed by atoms with E-state index in [4.69, 9.17) is 17.2 Å². The molecule has 19 heavy (non-hydrogen) atoms. The number of nitrogens with zero attached hydrogens (tertiary/aromatic N) is 2. The van der Waals surface area contributed by atoms with Crippen molar-refractivity contribution in [2.75, 3.05) is 23.7 Å². The van der Waals surface area contributed by atoms with Crippen LogP contribution in [0.25, 0.3) is 0 Å². The summed E-state index contributed by atoms with van der Waals surface area (Å²) in [6, 6.07) is 2.98. The summed E-state index contributed by atoms with van der Waals surface area (Å²) in [5.41, 5.74) is 16.7. The molecule has 0 saturated heterocycles. The first-order chi connectivity index (χ1) is 8.81. The molecule has 7 nitrogen and oxygen atoms in total. The van der Waals surface area contributed by atoms with Crippen molar-refractivity contribution in [3.63, 3.8) is 0 Å². The van der Waals surface area contributed by atoms with E-state index in [1.54, 1.807) is 4.90 Å². The Balaban J connectivity index is 3.15. The number of hydrogen-bond acceptors (Lipinski definition) is 5. The average Bonchev–Trinajstić information content (AvgIpc) is 2.27. The monoisotopic (exact) mass is 265 g/mol. The fourth-order valence-corrected chi connectivity index (χ4v) is 1.70. The fourth-order valence-electron chi connectivity index (χ4n) is 1.70. The molecule has 6 N–H and O–H groups in total. The zero-order chi connectivity index (χ0) is 14.6. The van der Waals surface area contributed by atoms with Gasteiger partial charge in [0.15, 0.2) is 5.82 Å². The normalized spacial score (nSPS) is 10.5. The van der Waals surface area contributed by atoms with Gasteiger partial charge in [-0.2, -0.15) is 0 Å². The van der Waals surface area contributed by atoms with Crippen LogP contribution in [-0.2, 0) is 4.79 Å². The molecule has 0 fully saturated rings. The van der Waals surface area contributed by atoms with Gasteiger partial charge in [-0.15, -0.1) is 0 Å². The third-order valence-electron chi connectivity index (χ3n) is 2.39. The Morgan fingerprint density at radius 2 is 1.95 bits per heavy atom. The van der Waals surface area contributed by atoms with Gasteiger partial charge >= 0.3 is 0 Å². The number of pyridine rings is 1. The number of anilines is 2. The number of primary amides is 2. The second-order valence-electron chi connectivity index (χ2n) is 4.71. The third kappa shape index (κ3) is 4.13. The molecule has 0 aliphatic heterocycles. The molecule has 1 aromatic heterocycles. The Morgan fingerprint density at radius 3 is 2.42 bits per heavy atom. The number of carbonyl (C=O) groups is 2. The molecule has 0 aromatic carbocycles. The highest BCUT2D eigenvalue weighted by molar-refractivity contribution is 5.92. The minimum Gasteiger partial charge on any atom is -0.396 e. The molecule has 0 spiro atoms. The van der Waals surface area contributed by atoms with Crippen LogP contribution in [0.3, 0.4) is 0 Å². The lowest BCUT2D eigenvalue weighted by Crippen LogP contribution is -2.37. The first kappa shape index (κ1) is 14.7. The van der Waals surface area contributed by atoms with Crippen molar-refractivity contribution in [3.8, 4) is 0 Å². The highest BCUT2D eigenvalue weighted by atomic mass is 16.1. The second-order valence-corrected chi connectivity index (χ2v) is 4.71. The van der Waals surface area contributed by atoms with Crippen LogP contribution in [0.15, 0.2) is 12.1 Å². The number of hydrogen-bond donors (Lipinski definition) is 3. The number of nitrogen functional groups attached to an aromatic ring is 1. The molecular weight excluding hydrogens is 246 g/mol. The summed E-state index contributed by atoms with van der Waals surface area (Å²) in [6.07, 6.45) is 0. The largest absolute Gasteiger partial charge is 0.396 e. The quantitative estimate of drug-likeness (QED) is 0.651. The molecule has 0 radical (unpaired) electrons. The molecule has 1 rings (SSSR count). The van der Waals surface area contributed by atoms with Crippen LogP contribution in [0.4, 0.5) is 11.5 Å².